The van der Waals surface area contributed by atoms with Crippen LogP contribution < -0.4 is 4.31 Å². The first kappa shape index (κ1) is 14.5. The summed E-state index contributed by atoms with van der Waals surface area (Å²) in [6.45, 7) is 5.53. The molecule has 0 heterocycles. The van der Waals surface area contributed by atoms with Crippen molar-refractivity contribution in [2.24, 2.45) is 0 Å². The molecule has 5 heteroatoms. The molecular weight excluding hydrogens is 248 g/mol. The molecule has 1 aromatic rings. The molecule has 0 spiro atoms. The van der Waals surface area contributed by atoms with E-state index in [1.54, 1.807) is 19.1 Å². The van der Waals surface area contributed by atoms with Crippen molar-refractivity contribution in [2.45, 2.75) is 32.4 Å². The van der Waals surface area contributed by atoms with Crippen LogP contribution in [0.15, 0.2) is 18.2 Å². The Balaban J connectivity index is 3.22. The van der Waals surface area contributed by atoms with Crippen molar-refractivity contribution in [3.8, 4) is 6.07 Å². The average molecular weight is 266 g/mol. The third-order valence-corrected chi connectivity index (χ3v) is 4.96. The number of rotatable bonds is 4. The molecule has 0 saturated heterocycles. The van der Waals surface area contributed by atoms with Gasteiger partial charge in [-0.25, -0.2) is 8.42 Å². The number of aryl methyl sites for hydroxylation is 2. The highest BCUT2D eigenvalue weighted by atomic mass is 32.2. The van der Waals surface area contributed by atoms with Gasteiger partial charge in [0.25, 0.3) is 10.0 Å². The molecule has 0 aliphatic rings. The number of benzene rings is 1. The Morgan fingerprint density at radius 1 is 1.28 bits per heavy atom. The van der Waals surface area contributed by atoms with Crippen LogP contribution in [0.2, 0.25) is 0 Å². The minimum atomic E-state index is -3.62. The Hall–Kier alpha value is -1.54. The van der Waals surface area contributed by atoms with E-state index in [2.05, 4.69) is 0 Å². The zero-order chi connectivity index (χ0) is 13.9. The van der Waals surface area contributed by atoms with Gasteiger partial charge in [-0.2, -0.15) is 5.26 Å². The van der Waals surface area contributed by atoms with Gasteiger partial charge in [-0.3, -0.25) is 4.31 Å². The highest BCUT2D eigenvalue weighted by Crippen LogP contribution is 2.22. The predicted molar refractivity (Wildman–Crippen MR) is 72.9 cm³/mol. The van der Waals surface area contributed by atoms with Crippen molar-refractivity contribution in [1.82, 2.24) is 0 Å². The van der Waals surface area contributed by atoms with Crippen LogP contribution in [0.4, 0.5) is 5.69 Å². The SMILES string of the molecule is CCC(C#N)S(=O)(=O)N(C)c1cc(C)cc(C)c1. The summed E-state index contributed by atoms with van der Waals surface area (Å²) in [5.74, 6) is 0. The maximum absolute atomic E-state index is 12.2. The lowest BCUT2D eigenvalue weighted by atomic mass is 10.1. The zero-order valence-electron chi connectivity index (χ0n) is 11.1. The Morgan fingerprint density at radius 2 is 1.78 bits per heavy atom. The Morgan fingerprint density at radius 3 is 2.17 bits per heavy atom. The number of anilines is 1. The maximum atomic E-state index is 12.2. The van der Waals surface area contributed by atoms with Crippen LogP contribution in [-0.2, 0) is 10.0 Å². The Kier molecular flexibility index (Phi) is 4.36. The lowest BCUT2D eigenvalue weighted by Gasteiger charge is -2.22. The third-order valence-electron chi connectivity index (χ3n) is 2.83. The molecule has 0 aliphatic heterocycles. The third kappa shape index (κ3) is 2.82. The first-order valence-corrected chi connectivity index (χ1v) is 7.29. The molecule has 0 N–H and O–H groups in total. The van der Waals surface area contributed by atoms with Gasteiger partial charge in [-0.15, -0.1) is 0 Å². The number of nitriles is 1. The number of hydrogen-bond donors (Lipinski definition) is 0. The topological polar surface area (TPSA) is 61.2 Å². The molecule has 4 nitrogen and oxygen atoms in total. The van der Waals surface area contributed by atoms with Crippen molar-refractivity contribution in [2.75, 3.05) is 11.4 Å². The summed E-state index contributed by atoms with van der Waals surface area (Å²) >= 11 is 0. The molecule has 1 aromatic carbocycles. The summed E-state index contributed by atoms with van der Waals surface area (Å²) in [7, 11) is -2.13. The number of sulfonamides is 1. The van der Waals surface area contributed by atoms with E-state index in [-0.39, 0.29) is 6.42 Å². The lowest BCUT2D eigenvalue weighted by molar-refractivity contribution is 0.585. The molecule has 0 radical (unpaired) electrons. The summed E-state index contributed by atoms with van der Waals surface area (Å²) in [4.78, 5) is 0. The van der Waals surface area contributed by atoms with Crippen LogP contribution in [0.5, 0.6) is 0 Å². The second-order valence-corrected chi connectivity index (χ2v) is 6.53. The van der Waals surface area contributed by atoms with E-state index < -0.39 is 15.3 Å². The minimum absolute atomic E-state index is 0.286. The van der Waals surface area contributed by atoms with E-state index in [0.717, 1.165) is 11.1 Å². The predicted octanol–water partition coefficient (Wildman–Crippen LogP) is 2.37. The van der Waals surface area contributed by atoms with Crippen LogP contribution in [0.3, 0.4) is 0 Å². The Bertz CT molecular complexity index is 553. The van der Waals surface area contributed by atoms with Crippen molar-refractivity contribution < 1.29 is 8.42 Å². The monoisotopic (exact) mass is 266 g/mol. The molecular formula is C13H18N2O2S. The minimum Gasteiger partial charge on any atom is -0.272 e. The van der Waals surface area contributed by atoms with Crippen LogP contribution in [-0.4, -0.2) is 20.7 Å². The number of nitrogens with zero attached hydrogens (tertiary/aromatic N) is 2. The fourth-order valence-electron chi connectivity index (χ4n) is 1.84. The van der Waals surface area contributed by atoms with Gasteiger partial charge in [0.15, 0.2) is 5.25 Å². The van der Waals surface area contributed by atoms with Gasteiger partial charge in [0.2, 0.25) is 0 Å². The van der Waals surface area contributed by atoms with E-state index in [1.807, 2.05) is 26.0 Å². The Labute approximate surface area is 109 Å². The summed E-state index contributed by atoms with van der Waals surface area (Å²) in [5.41, 5.74) is 2.59. The summed E-state index contributed by atoms with van der Waals surface area (Å²) in [6.07, 6.45) is 0.286. The average Bonchev–Trinajstić information content (AvgIpc) is 2.27. The summed E-state index contributed by atoms with van der Waals surface area (Å²) in [5, 5.41) is 7.91. The highest BCUT2D eigenvalue weighted by Gasteiger charge is 2.28. The lowest BCUT2D eigenvalue weighted by Crippen LogP contribution is -2.35. The van der Waals surface area contributed by atoms with Gasteiger partial charge in [0.05, 0.1) is 11.8 Å². The normalized spacial score (nSPS) is 12.8. The van der Waals surface area contributed by atoms with Gasteiger partial charge in [0, 0.05) is 7.05 Å². The molecule has 0 aliphatic carbocycles. The second-order valence-electron chi connectivity index (χ2n) is 4.38. The van der Waals surface area contributed by atoms with Gasteiger partial charge >= 0.3 is 0 Å². The number of hydrogen-bond acceptors (Lipinski definition) is 3. The molecule has 1 rings (SSSR count). The van der Waals surface area contributed by atoms with E-state index in [0.29, 0.717) is 5.69 Å². The molecule has 0 bridgehead atoms. The summed E-state index contributed by atoms with van der Waals surface area (Å²) in [6, 6.07) is 7.42. The molecule has 1 unspecified atom stereocenters. The first-order valence-electron chi connectivity index (χ1n) is 5.78. The fourth-order valence-corrected chi connectivity index (χ4v) is 3.17. The fraction of sp³-hybridized carbons (Fsp3) is 0.462. The smallest absolute Gasteiger partial charge is 0.251 e. The van der Waals surface area contributed by atoms with Crippen molar-refractivity contribution in [3.05, 3.63) is 29.3 Å². The second kappa shape index (κ2) is 5.40. The van der Waals surface area contributed by atoms with E-state index >= 15 is 0 Å². The quantitative estimate of drug-likeness (QED) is 0.840. The molecule has 0 fully saturated rings. The molecule has 1 atom stereocenters. The first-order chi connectivity index (χ1) is 8.32. The molecule has 0 amide bonds. The largest absolute Gasteiger partial charge is 0.272 e. The molecule has 18 heavy (non-hydrogen) atoms. The van der Waals surface area contributed by atoms with Crippen molar-refractivity contribution in [3.63, 3.8) is 0 Å². The van der Waals surface area contributed by atoms with E-state index in [4.69, 9.17) is 5.26 Å². The van der Waals surface area contributed by atoms with Crippen molar-refractivity contribution >= 4 is 15.7 Å². The molecule has 98 valence electrons. The van der Waals surface area contributed by atoms with E-state index in [1.165, 1.54) is 11.4 Å². The van der Waals surface area contributed by atoms with Crippen LogP contribution in [0.1, 0.15) is 24.5 Å². The van der Waals surface area contributed by atoms with Crippen LogP contribution >= 0.6 is 0 Å². The van der Waals surface area contributed by atoms with Gasteiger partial charge in [-0.1, -0.05) is 13.0 Å². The van der Waals surface area contributed by atoms with Gasteiger partial charge in [-0.05, 0) is 43.5 Å². The standard InChI is InChI=1S/C13H18N2O2S/c1-5-13(9-14)18(16,17)15(4)12-7-10(2)6-11(3)8-12/h6-8,13H,5H2,1-4H3. The van der Waals surface area contributed by atoms with Gasteiger partial charge in [0.1, 0.15) is 0 Å². The van der Waals surface area contributed by atoms with Gasteiger partial charge < -0.3 is 0 Å². The maximum Gasteiger partial charge on any atom is 0.251 e. The molecule has 0 saturated carbocycles. The van der Waals surface area contributed by atoms with Crippen molar-refractivity contribution in [1.29, 1.82) is 5.26 Å². The zero-order valence-corrected chi connectivity index (χ0v) is 12.0. The van der Waals surface area contributed by atoms with E-state index in [9.17, 15) is 8.42 Å². The molecule has 0 aromatic heterocycles. The highest BCUT2D eigenvalue weighted by molar-refractivity contribution is 7.93. The summed E-state index contributed by atoms with van der Waals surface area (Å²) < 4.78 is 25.6. The van der Waals surface area contributed by atoms with Crippen LogP contribution in [0, 0.1) is 25.2 Å². The van der Waals surface area contributed by atoms with Crippen LogP contribution in [0.25, 0.3) is 0 Å².